The number of anilines is 1. The molecule has 2 aromatic carbocycles. The van der Waals surface area contributed by atoms with Crippen molar-refractivity contribution in [1.82, 2.24) is 8.61 Å². The van der Waals surface area contributed by atoms with Crippen LogP contribution in [0.4, 0.5) is 10.1 Å². The second-order valence-corrected chi connectivity index (χ2v) is 9.13. The predicted octanol–water partition coefficient (Wildman–Crippen LogP) is 1.96. The zero-order chi connectivity index (χ0) is 19.8. The first-order valence-corrected chi connectivity index (χ1v) is 10.9. The average Bonchev–Trinajstić information content (AvgIpc) is 3.36. The van der Waals surface area contributed by atoms with Gasteiger partial charge >= 0.3 is 0 Å². The minimum atomic E-state index is -0.483. The minimum Gasteiger partial charge on any atom is -0.379 e. The number of nitrogens with one attached hydrogen (secondary N) is 1. The molecule has 0 amide bonds. The molecule has 0 aromatic heterocycles. The first-order valence-electron chi connectivity index (χ1n) is 10.1. The SMILES string of the molecule is N#Cc1cc(-c2cc(NC3CCN([SH+]N4CCCC4)C3)c3c(c2)=CN=3)ccc1F. The summed E-state index contributed by atoms with van der Waals surface area (Å²) in [6.45, 7) is 4.55. The van der Waals surface area contributed by atoms with E-state index in [1.807, 2.05) is 12.3 Å². The summed E-state index contributed by atoms with van der Waals surface area (Å²) in [7, 11) is 0. The Labute approximate surface area is 173 Å². The lowest BCUT2D eigenvalue weighted by atomic mass is 10.00. The van der Waals surface area contributed by atoms with Crippen LogP contribution in [0.2, 0.25) is 0 Å². The van der Waals surface area contributed by atoms with E-state index in [0.29, 0.717) is 6.04 Å². The molecule has 1 atom stereocenters. The molecule has 0 radical (unpaired) electrons. The largest absolute Gasteiger partial charge is 0.379 e. The summed E-state index contributed by atoms with van der Waals surface area (Å²) in [4.78, 5) is 4.44. The third-order valence-electron chi connectivity index (χ3n) is 5.75. The van der Waals surface area contributed by atoms with Crippen LogP contribution in [0, 0.1) is 17.1 Å². The molecule has 5 rings (SSSR count). The van der Waals surface area contributed by atoms with E-state index in [0.717, 1.165) is 46.9 Å². The summed E-state index contributed by atoms with van der Waals surface area (Å²) < 4.78 is 18.7. The molecule has 3 aliphatic heterocycles. The Morgan fingerprint density at radius 2 is 1.97 bits per heavy atom. The van der Waals surface area contributed by atoms with Gasteiger partial charge in [0.1, 0.15) is 11.9 Å². The predicted molar refractivity (Wildman–Crippen MR) is 115 cm³/mol. The highest BCUT2D eigenvalue weighted by molar-refractivity contribution is 7.73. The van der Waals surface area contributed by atoms with Crippen molar-refractivity contribution in [2.24, 2.45) is 4.99 Å². The molecule has 5 nitrogen and oxygen atoms in total. The van der Waals surface area contributed by atoms with E-state index in [-0.39, 0.29) is 5.56 Å². The van der Waals surface area contributed by atoms with E-state index >= 15 is 0 Å². The summed E-state index contributed by atoms with van der Waals surface area (Å²) in [6.07, 6.45) is 5.59. The minimum absolute atomic E-state index is 0.0701. The van der Waals surface area contributed by atoms with E-state index in [9.17, 15) is 4.39 Å². The molecule has 2 fully saturated rings. The van der Waals surface area contributed by atoms with Crippen molar-refractivity contribution in [2.45, 2.75) is 25.3 Å². The number of rotatable bonds is 5. The van der Waals surface area contributed by atoms with Gasteiger partial charge in [0.15, 0.2) is 12.1 Å². The Hall–Kier alpha value is -2.40. The van der Waals surface area contributed by atoms with Crippen molar-refractivity contribution in [3.63, 3.8) is 0 Å². The molecule has 0 aliphatic carbocycles. The van der Waals surface area contributed by atoms with E-state index in [2.05, 4.69) is 31.1 Å². The standard InChI is InChI=1S/C22H22FN5S/c23-20-4-3-15(9-17(20)12-24)16-10-18-13-25-22(18)21(11-16)26-19-5-8-28(14-19)29-27-6-1-2-7-27/h3-4,9-11,13,19,26H,1-2,5-8,14H2/p+1. The highest BCUT2D eigenvalue weighted by Gasteiger charge is 2.32. The molecule has 2 aromatic rings. The normalized spacial score (nSPS) is 21.0. The number of thiol groups is 1. The molecule has 3 aliphatic rings. The quantitative estimate of drug-likeness (QED) is 0.607. The van der Waals surface area contributed by atoms with Crippen LogP contribution in [-0.2, 0) is 12.1 Å². The molecule has 0 bridgehead atoms. The molecule has 7 heteroatoms. The van der Waals surface area contributed by atoms with E-state index < -0.39 is 5.82 Å². The molecule has 3 heterocycles. The van der Waals surface area contributed by atoms with Crippen LogP contribution in [0.3, 0.4) is 0 Å². The second-order valence-electron chi connectivity index (χ2n) is 7.82. The van der Waals surface area contributed by atoms with Crippen molar-refractivity contribution >= 4 is 24.0 Å². The first-order chi connectivity index (χ1) is 14.2. The van der Waals surface area contributed by atoms with Gasteiger partial charge in [-0.15, -0.1) is 8.61 Å². The second kappa shape index (κ2) is 7.79. The van der Waals surface area contributed by atoms with Gasteiger partial charge in [-0.1, -0.05) is 6.07 Å². The number of nitriles is 1. The van der Waals surface area contributed by atoms with E-state index in [4.69, 9.17) is 5.26 Å². The lowest BCUT2D eigenvalue weighted by molar-refractivity contribution is 0.502. The van der Waals surface area contributed by atoms with Gasteiger partial charge in [0.25, 0.3) is 0 Å². The molecule has 148 valence electrons. The van der Waals surface area contributed by atoms with Crippen molar-refractivity contribution < 1.29 is 4.39 Å². The summed E-state index contributed by atoms with van der Waals surface area (Å²) in [5, 5.41) is 14.9. The van der Waals surface area contributed by atoms with Crippen molar-refractivity contribution in [2.75, 3.05) is 31.5 Å². The van der Waals surface area contributed by atoms with Gasteiger partial charge < -0.3 is 5.32 Å². The lowest BCUT2D eigenvalue weighted by Crippen LogP contribution is -2.37. The van der Waals surface area contributed by atoms with Crippen LogP contribution in [0.25, 0.3) is 17.3 Å². The zero-order valence-corrected chi connectivity index (χ0v) is 17.0. The summed E-state index contributed by atoms with van der Waals surface area (Å²) in [5.74, 6) is -0.483. The third-order valence-corrected chi connectivity index (χ3v) is 7.02. The van der Waals surface area contributed by atoms with Crippen molar-refractivity contribution in [1.29, 1.82) is 5.26 Å². The van der Waals surface area contributed by atoms with Gasteiger partial charge in [-0.3, -0.25) is 4.99 Å². The Morgan fingerprint density at radius 3 is 2.72 bits per heavy atom. The molecular weight excluding hydrogens is 385 g/mol. The van der Waals surface area contributed by atoms with Gasteiger partial charge in [0.2, 0.25) is 0 Å². The molecule has 1 N–H and O–H groups in total. The highest BCUT2D eigenvalue weighted by Crippen LogP contribution is 2.24. The van der Waals surface area contributed by atoms with Gasteiger partial charge in [-0.05, 0) is 54.7 Å². The number of fused-ring (bicyclic) bond motifs is 1. The molecule has 1 unspecified atom stereocenters. The maximum atomic E-state index is 13.7. The fourth-order valence-electron chi connectivity index (χ4n) is 4.16. The summed E-state index contributed by atoms with van der Waals surface area (Å²) in [6, 6.07) is 11.1. The lowest BCUT2D eigenvalue weighted by Gasteiger charge is -2.17. The molecular formula is C22H23FN5S+. The summed E-state index contributed by atoms with van der Waals surface area (Å²) in [5.41, 5.74) is 2.90. The zero-order valence-electron chi connectivity index (χ0n) is 16.1. The van der Waals surface area contributed by atoms with Crippen LogP contribution in [0.1, 0.15) is 24.8 Å². The highest BCUT2D eigenvalue weighted by atomic mass is 32.2. The molecule has 2 saturated heterocycles. The monoisotopic (exact) mass is 408 g/mol. The van der Waals surface area contributed by atoms with E-state index in [1.54, 1.807) is 12.1 Å². The van der Waals surface area contributed by atoms with Gasteiger partial charge in [-0.25, -0.2) is 4.39 Å². The fourth-order valence-corrected chi connectivity index (χ4v) is 5.46. The number of halogens is 1. The van der Waals surface area contributed by atoms with Gasteiger partial charge in [-0.2, -0.15) is 5.26 Å². The number of nitrogens with zero attached hydrogens (tertiary/aromatic N) is 4. The summed E-state index contributed by atoms with van der Waals surface area (Å²) >= 11 is 1.34. The van der Waals surface area contributed by atoms with E-state index in [1.165, 1.54) is 44.1 Å². The van der Waals surface area contributed by atoms with Gasteiger partial charge in [0.05, 0.1) is 23.2 Å². The van der Waals surface area contributed by atoms with Crippen LogP contribution in [0.15, 0.2) is 35.3 Å². The van der Waals surface area contributed by atoms with Crippen molar-refractivity contribution in [3.8, 4) is 17.2 Å². The topological polar surface area (TPSA) is 54.7 Å². The van der Waals surface area contributed by atoms with Crippen molar-refractivity contribution in [3.05, 3.63) is 52.3 Å². The maximum absolute atomic E-state index is 13.7. The Bertz CT molecular complexity index is 1100. The van der Waals surface area contributed by atoms with Crippen LogP contribution in [0.5, 0.6) is 0 Å². The number of benzene rings is 2. The fraction of sp³-hybridized carbons (Fsp3) is 0.364. The maximum Gasteiger partial charge on any atom is 0.153 e. The smallest absolute Gasteiger partial charge is 0.153 e. The van der Waals surface area contributed by atoms with Crippen LogP contribution in [-0.4, -0.2) is 40.8 Å². The Morgan fingerprint density at radius 1 is 1.10 bits per heavy atom. The third kappa shape index (κ3) is 3.76. The number of hydrogen-bond donors (Lipinski definition) is 1. The molecule has 0 saturated carbocycles. The molecule has 29 heavy (non-hydrogen) atoms. The van der Waals surface area contributed by atoms with Gasteiger partial charge in [0, 0.05) is 37.1 Å². The molecule has 0 spiro atoms. The Kier molecular flexibility index (Phi) is 5.00. The van der Waals surface area contributed by atoms with Crippen LogP contribution < -0.4 is 15.9 Å². The van der Waals surface area contributed by atoms with Crippen LogP contribution >= 0.6 is 0 Å². The first kappa shape index (κ1) is 18.6. The Balaban J connectivity index is 1.35. The average molecular weight is 409 g/mol. The number of hydrogen-bond acceptors (Lipinski definition) is 5.